The number of carbonyl (C=O) groups excluding carboxylic acids is 1. The molecule has 0 fully saturated rings. The predicted molar refractivity (Wildman–Crippen MR) is 64.3 cm³/mol. The van der Waals surface area contributed by atoms with Crippen LogP contribution in [0.4, 0.5) is 0 Å². The molecule has 16 heavy (non-hydrogen) atoms. The van der Waals surface area contributed by atoms with Gasteiger partial charge in [0.25, 0.3) is 0 Å². The molecular formula is C11H18N2O2S. The number of esters is 1. The SMILES string of the molecule is CCCN(CC(=O)OCC)Cc1cncs1. The maximum atomic E-state index is 11.4. The Morgan fingerprint density at radius 1 is 1.56 bits per heavy atom. The van der Waals surface area contributed by atoms with Gasteiger partial charge in [-0.25, -0.2) is 0 Å². The number of thiazole rings is 1. The summed E-state index contributed by atoms with van der Waals surface area (Å²) in [6.07, 6.45) is 2.87. The summed E-state index contributed by atoms with van der Waals surface area (Å²) in [6, 6.07) is 0. The third kappa shape index (κ3) is 4.72. The van der Waals surface area contributed by atoms with Gasteiger partial charge in [-0.3, -0.25) is 14.7 Å². The van der Waals surface area contributed by atoms with E-state index in [-0.39, 0.29) is 5.97 Å². The number of aromatic nitrogens is 1. The van der Waals surface area contributed by atoms with Gasteiger partial charge in [-0.15, -0.1) is 11.3 Å². The molecule has 0 aromatic carbocycles. The van der Waals surface area contributed by atoms with Crippen LogP contribution >= 0.6 is 11.3 Å². The smallest absolute Gasteiger partial charge is 0.320 e. The number of ether oxygens (including phenoxy) is 1. The molecule has 0 unspecified atom stereocenters. The van der Waals surface area contributed by atoms with E-state index in [4.69, 9.17) is 4.74 Å². The van der Waals surface area contributed by atoms with E-state index < -0.39 is 0 Å². The van der Waals surface area contributed by atoms with E-state index in [0.29, 0.717) is 13.2 Å². The molecule has 0 aliphatic carbocycles. The Kier molecular flexibility index (Phi) is 6.03. The highest BCUT2D eigenvalue weighted by Gasteiger charge is 2.11. The van der Waals surface area contributed by atoms with Crippen LogP contribution < -0.4 is 0 Å². The van der Waals surface area contributed by atoms with Gasteiger partial charge in [0.05, 0.1) is 18.7 Å². The minimum Gasteiger partial charge on any atom is -0.465 e. The fraction of sp³-hybridized carbons (Fsp3) is 0.636. The van der Waals surface area contributed by atoms with Crippen molar-refractivity contribution in [2.45, 2.75) is 26.8 Å². The highest BCUT2D eigenvalue weighted by Crippen LogP contribution is 2.09. The fourth-order valence-electron chi connectivity index (χ4n) is 1.46. The minimum atomic E-state index is -0.152. The summed E-state index contributed by atoms with van der Waals surface area (Å²) >= 11 is 1.61. The number of hydrogen-bond donors (Lipinski definition) is 0. The monoisotopic (exact) mass is 242 g/mol. The molecule has 0 bridgehead atoms. The van der Waals surface area contributed by atoms with Gasteiger partial charge in [-0.05, 0) is 19.9 Å². The molecule has 1 aromatic heterocycles. The predicted octanol–water partition coefficient (Wildman–Crippen LogP) is 1.92. The van der Waals surface area contributed by atoms with E-state index in [0.717, 1.165) is 19.5 Å². The van der Waals surface area contributed by atoms with Crippen LogP contribution in [0.25, 0.3) is 0 Å². The van der Waals surface area contributed by atoms with Crippen molar-refractivity contribution >= 4 is 17.3 Å². The molecule has 0 saturated carbocycles. The zero-order valence-corrected chi connectivity index (χ0v) is 10.6. The van der Waals surface area contributed by atoms with Crippen molar-refractivity contribution in [1.29, 1.82) is 0 Å². The summed E-state index contributed by atoms with van der Waals surface area (Å²) < 4.78 is 4.95. The van der Waals surface area contributed by atoms with Gasteiger partial charge in [0.1, 0.15) is 0 Å². The second-order valence-corrected chi connectivity index (χ2v) is 4.45. The summed E-state index contributed by atoms with van der Waals surface area (Å²) in [6.45, 7) is 6.41. The Hall–Kier alpha value is -0.940. The summed E-state index contributed by atoms with van der Waals surface area (Å²) in [7, 11) is 0. The van der Waals surface area contributed by atoms with Crippen LogP contribution in [0.1, 0.15) is 25.1 Å². The van der Waals surface area contributed by atoms with Crippen molar-refractivity contribution in [3.63, 3.8) is 0 Å². The maximum absolute atomic E-state index is 11.4. The van der Waals surface area contributed by atoms with E-state index in [1.807, 2.05) is 18.6 Å². The van der Waals surface area contributed by atoms with Crippen molar-refractivity contribution in [3.05, 3.63) is 16.6 Å². The molecule has 5 heteroatoms. The van der Waals surface area contributed by atoms with Crippen molar-refractivity contribution in [2.24, 2.45) is 0 Å². The molecule has 0 saturated heterocycles. The average molecular weight is 242 g/mol. The Morgan fingerprint density at radius 3 is 2.94 bits per heavy atom. The first kappa shape index (κ1) is 13.1. The third-order valence-electron chi connectivity index (χ3n) is 2.06. The topological polar surface area (TPSA) is 42.4 Å². The molecule has 0 aliphatic rings. The molecule has 0 N–H and O–H groups in total. The van der Waals surface area contributed by atoms with Crippen LogP contribution in [0.5, 0.6) is 0 Å². The molecule has 4 nitrogen and oxygen atoms in total. The van der Waals surface area contributed by atoms with Crippen LogP contribution in [0, 0.1) is 0 Å². The quantitative estimate of drug-likeness (QED) is 0.685. The van der Waals surface area contributed by atoms with Gasteiger partial charge in [-0.2, -0.15) is 0 Å². The molecule has 0 amide bonds. The van der Waals surface area contributed by atoms with Crippen LogP contribution in [0.3, 0.4) is 0 Å². The molecule has 1 aromatic rings. The van der Waals surface area contributed by atoms with Crippen LogP contribution in [0.15, 0.2) is 11.7 Å². The minimum absolute atomic E-state index is 0.152. The lowest BCUT2D eigenvalue weighted by Gasteiger charge is -2.19. The molecule has 0 spiro atoms. The Bertz CT molecular complexity index is 301. The van der Waals surface area contributed by atoms with Crippen LogP contribution in [-0.2, 0) is 16.1 Å². The highest BCUT2D eigenvalue weighted by atomic mass is 32.1. The Balaban J connectivity index is 2.44. The van der Waals surface area contributed by atoms with E-state index >= 15 is 0 Å². The second-order valence-electron chi connectivity index (χ2n) is 3.48. The molecule has 90 valence electrons. The molecule has 0 radical (unpaired) electrons. The fourth-order valence-corrected chi connectivity index (χ4v) is 2.10. The summed E-state index contributed by atoms with van der Waals surface area (Å²) in [5.41, 5.74) is 1.81. The zero-order valence-electron chi connectivity index (χ0n) is 9.81. The van der Waals surface area contributed by atoms with Crippen LogP contribution in [-0.4, -0.2) is 35.5 Å². The van der Waals surface area contributed by atoms with Gasteiger partial charge in [0.15, 0.2) is 0 Å². The normalized spacial score (nSPS) is 10.7. The van der Waals surface area contributed by atoms with Gasteiger partial charge in [0, 0.05) is 17.6 Å². The molecular weight excluding hydrogens is 224 g/mol. The third-order valence-corrected chi connectivity index (χ3v) is 2.83. The summed E-state index contributed by atoms with van der Waals surface area (Å²) in [4.78, 5) is 18.7. The van der Waals surface area contributed by atoms with Gasteiger partial charge >= 0.3 is 5.97 Å². The van der Waals surface area contributed by atoms with Crippen molar-refractivity contribution in [1.82, 2.24) is 9.88 Å². The van der Waals surface area contributed by atoms with E-state index in [9.17, 15) is 4.79 Å². The van der Waals surface area contributed by atoms with Gasteiger partial charge < -0.3 is 4.74 Å². The number of carbonyl (C=O) groups is 1. The second kappa shape index (κ2) is 7.35. The molecule has 0 aliphatic heterocycles. The summed E-state index contributed by atoms with van der Waals surface area (Å²) in [5.74, 6) is -0.152. The van der Waals surface area contributed by atoms with E-state index in [1.165, 1.54) is 4.88 Å². The number of rotatable bonds is 7. The molecule has 1 rings (SSSR count). The van der Waals surface area contributed by atoms with Gasteiger partial charge in [0.2, 0.25) is 0 Å². The lowest BCUT2D eigenvalue weighted by atomic mass is 10.3. The summed E-state index contributed by atoms with van der Waals surface area (Å²) in [5, 5.41) is 0. The average Bonchev–Trinajstić information content (AvgIpc) is 2.71. The number of hydrogen-bond acceptors (Lipinski definition) is 5. The Morgan fingerprint density at radius 2 is 2.38 bits per heavy atom. The lowest BCUT2D eigenvalue weighted by Crippen LogP contribution is -2.31. The first-order chi connectivity index (χ1) is 7.76. The molecule has 0 atom stereocenters. The first-order valence-electron chi connectivity index (χ1n) is 5.51. The van der Waals surface area contributed by atoms with Crippen molar-refractivity contribution in [3.8, 4) is 0 Å². The molecule has 1 heterocycles. The van der Waals surface area contributed by atoms with Crippen molar-refractivity contribution in [2.75, 3.05) is 19.7 Å². The lowest BCUT2D eigenvalue weighted by molar-refractivity contribution is -0.144. The maximum Gasteiger partial charge on any atom is 0.320 e. The zero-order chi connectivity index (χ0) is 11.8. The first-order valence-corrected chi connectivity index (χ1v) is 6.39. The number of nitrogens with zero attached hydrogens (tertiary/aromatic N) is 2. The largest absolute Gasteiger partial charge is 0.465 e. The van der Waals surface area contributed by atoms with E-state index in [1.54, 1.807) is 11.3 Å². The van der Waals surface area contributed by atoms with Gasteiger partial charge in [-0.1, -0.05) is 6.92 Å². The highest BCUT2D eigenvalue weighted by molar-refractivity contribution is 7.09. The standard InChI is InChI=1S/C11H18N2O2S/c1-3-5-13(8-11(14)15-4-2)7-10-6-12-9-16-10/h6,9H,3-5,7-8H2,1-2H3. The van der Waals surface area contributed by atoms with Crippen molar-refractivity contribution < 1.29 is 9.53 Å². The Labute approximate surface area is 100 Å². The van der Waals surface area contributed by atoms with E-state index in [2.05, 4.69) is 16.8 Å². The van der Waals surface area contributed by atoms with Crippen LogP contribution in [0.2, 0.25) is 0 Å².